The molecule has 0 saturated heterocycles. The Morgan fingerprint density at radius 3 is 2.71 bits per heavy atom. The van der Waals surface area contributed by atoms with E-state index in [4.69, 9.17) is 9.84 Å². The summed E-state index contributed by atoms with van der Waals surface area (Å²) in [6, 6.07) is 5.21. The standard InChI is InChI=1S/C16H21NO4/c1-11-10-14(5-4-13(11)6-7-15(18)19)16(20)17-12(2)8-9-21-3/h4-7,10,12H,8-9H2,1-3H3,(H,17,20)(H,18,19)/b7-6+. The molecule has 0 heterocycles. The third kappa shape index (κ3) is 5.79. The predicted octanol–water partition coefficient (Wildman–Crippen LogP) is 2.25. The first-order valence-corrected chi connectivity index (χ1v) is 6.75. The van der Waals surface area contributed by atoms with E-state index in [2.05, 4.69) is 5.32 Å². The molecule has 0 radical (unpaired) electrons. The molecule has 1 atom stereocenters. The first-order valence-electron chi connectivity index (χ1n) is 6.75. The number of aryl methyl sites for hydroxylation is 1. The molecule has 0 bridgehead atoms. The van der Waals surface area contributed by atoms with E-state index in [1.54, 1.807) is 25.3 Å². The monoisotopic (exact) mass is 291 g/mol. The van der Waals surface area contributed by atoms with E-state index >= 15 is 0 Å². The minimum atomic E-state index is -0.997. The summed E-state index contributed by atoms with van der Waals surface area (Å²) in [6.07, 6.45) is 3.34. The molecule has 1 aromatic carbocycles. The highest BCUT2D eigenvalue weighted by Gasteiger charge is 2.10. The minimum absolute atomic E-state index is 0.0318. The quantitative estimate of drug-likeness (QED) is 0.755. The Morgan fingerprint density at radius 1 is 1.43 bits per heavy atom. The Kier molecular flexibility index (Phi) is 6.62. The summed E-state index contributed by atoms with van der Waals surface area (Å²) in [5.74, 6) is -1.14. The van der Waals surface area contributed by atoms with Crippen molar-refractivity contribution in [2.24, 2.45) is 0 Å². The number of aliphatic carboxylic acids is 1. The number of benzene rings is 1. The van der Waals surface area contributed by atoms with Crippen LogP contribution in [0.3, 0.4) is 0 Å². The van der Waals surface area contributed by atoms with Gasteiger partial charge < -0.3 is 15.2 Å². The summed E-state index contributed by atoms with van der Waals surface area (Å²) in [6.45, 7) is 4.36. The molecule has 0 spiro atoms. The van der Waals surface area contributed by atoms with Crippen LogP contribution >= 0.6 is 0 Å². The van der Waals surface area contributed by atoms with Crippen LogP contribution in [0.5, 0.6) is 0 Å². The van der Waals surface area contributed by atoms with Crippen molar-refractivity contribution >= 4 is 18.0 Å². The predicted molar refractivity (Wildman–Crippen MR) is 81.3 cm³/mol. The number of rotatable bonds is 7. The van der Waals surface area contributed by atoms with Gasteiger partial charge in [0.2, 0.25) is 0 Å². The molecule has 0 fully saturated rings. The molecule has 0 aliphatic rings. The van der Waals surface area contributed by atoms with Gasteiger partial charge in [0.05, 0.1) is 0 Å². The number of amides is 1. The fraction of sp³-hybridized carbons (Fsp3) is 0.375. The summed E-state index contributed by atoms with van der Waals surface area (Å²) in [5, 5.41) is 11.5. The topological polar surface area (TPSA) is 75.6 Å². The highest BCUT2D eigenvalue weighted by Crippen LogP contribution is 2.13. The number of nitrogens with one attached hydrogen (secondary N) is 1. The van der Waals surface area contributed by atoms with Crippen molar-refractivity contribution in [2.75, 3.05) is 13.7 Å². The Morgan fingerprint density at radius 2 is 2.14 bits per heavy atom. The summed E-state index contributed by atoms with van der Waals surface area (Å²) < 4.78 is 4.97. The van der Waals surface area contributed by atoms with Crippen LogP contribution in [0, 0.1) is 6.92 Å². The second-order valence-electron chi connectivity index (χ2n) is 4.90. The van der Waals surface area contributed by atoms with Crippen LogP contribution in [0.15, 0.2) is 24.3 Å². The molecule has 0 aliphatic carbocycles. The van der Waals surface area contributed by atoms with Crippen molar-refractivity contribution in [3.8, 4) is 0 Å². The van der Waals surface area contributed by atoms with E-state index in [0.29, 0.717) is 12.2 Å². The van der Waals surface area contributed by atoms with Gasteiger partial charge in [0.15, 0.2) is 0 Å². The second-order valence-corrected chi connectivity index (χ2v) is 4.90. The zero-order chi connectivity index (χ0) is 15.8. The highest BCUT2D eigenvalue weighted by atomic mass is 16.5. The average Bonchev–Trinajstić information content (AvgIpc) is 2.43. The fourth-order valence-corrected chi connectivity index (χ4v) is 1.84. The third-order valence-electron chi connectivity index (χ3n) is 3.07. The Bertz CT molecular complexity index is 537. The summed E-state index contributed by atoms with van der Waals surface area (Å²) in [7, 11) is 1.63. The van der Waals surface area contributed by atoms with Gasteiger partial charge in [-0.3, -0.25) is 4.79 Å². The number of carboxylic acids is 1. The summed E-state index contributed by atoms with van der Waals surface area (Å²) >= 11 is 0. The average molecular weight is 291 g/mol. The largest absolute Gasteiger partial charge is 0.478 e. The lowest BCUT2D eigenvalue weighted by atomic mass is 10.0. The lowest BCUT2D eigenvalue weighted by Crippen LogP contribution is -2.33. The van der Waals surface area contributed by atoms with Gasteiger partial charge in [-0.15, -0.1) is 0 Å². The number of hydrogen-bond donors (Lipinski definition) is 2. The van der Waals surface area contributed by atoms with E-state index in [9.17, 15) is 9.59 Å². The van der Waals surface area contributed by atoms with Gasteiger partial charge in [-0.05, 0) is 49.6 Å². The molecule has 114 valence electrons. The molecule has 5 nitrogen and oxygen atoms in total. The van der Waals surface area contributed by atoms with Gasteiger partial charge in [-0.2, -0.15) is 0 Å². The van der Waals surface area contributed by atoms with Crippen molar-refractivity contribution in [2.45, 2.75) is 26.3 Å². The smallest absolute Gasteiger partial charge is 0.328 e. The zero-order valence-electron chi connectivity index (χ0n) is 12.6. The van der Waals surface area contributed by atoms with Crippen LogP contribution < -0.4 is 5.32 Å². The minimum Gasteiger partial charge on any atom is -0.478 e. The second kappa shape index (κ2) is 8.21. The van der Waals surface area contributed by atoms with Crippen LogP contribution in [0.25, 0.3) is 6.08 Å². The van der Waals surface area contributed by atoms with Gasteiger partial charge >= 0.3 is 5.97 Å². The SMILES string of the molecule is COCCC(C)NC(=O)c1ccc(/C=C/C(=O)O)c(C)c1. The lowest BCUT2D eigenvalue weighted by Gasteiger charge is -2.14. The van der Waals surface area contributed by atoms with Crippen LogP contribution in [0.2, 0.25) is 0 Å². The molecule has 1 rings (SSSR count). The molecule has 21 heavy (non-hydrogen) atoms. The number of carbonyl (C=O) groups is 2. The number of ether oxygens (including phenoxy) is 1. The van der Waals surface area contributed by atoms with Gasteiger partial charge in [-0.25, -0.2) is 4.79 Å². The van der Waals surface area contributed by atoms with Crippen LogP contribution in [0.1, 0.15) is 34.8 Å². The van der Waals surface area contributed by atoms with Crippen molar-refractivity contribution in [1.82, 2.24) is 5.32 Å². The summed E-state index contributed by atoms with van der Waals surface area (Å²) in [4.78, 5) is 22.6. The molecule has 0 aliphatic heterocycles. The number of methoxy groups -OCH3 is 1. The lowest BCUT2D eigenvalue weighted by molar-refractivity contribution is -0.131. The molecular weight excluding hydrogens is 270 g/mol. The molecular formula is C16H21NO4. The maximum absolute atomic E-state index is 12.1. The van der Waals surface area contributed by atoms with Crippen molar-refractivity contribution in [1.29, 1.82) is 0 Å². The highest BCUT2D eigenvalue weighted by molar-refractivity contribution is 5.95. The molecule has 1 aromatic rings. The van der Waals surface area contributed by atoms with E-state index in [1.165, 1.54) is 6.08 Å². The van der Waals surface area contributed by atoms with Gasteiger partial charge in [0.1, 0.15) is 0 Å². The normalized spacial score (nSPS) is 12.3. The zero-order valence-corrected chi connectivity index (χ0v) is 12.6. The van der Waals surface area contributed by atoms with E-state index < -0.39 is 5.97 Å². The number of hydrogen-bond acceptors (Lipinski definition) is 3. The third-order valence-corrected chi connectivity index (χ3v) is 3.07. The van der Waals surface area contributed by atoms with Crippen molar-refractivity contribution in [3.05, 3.63) is 41.0 Å². The maximum atomic E-state index is 12.1. The molecule has 5 heteroatoms. The van der Waals surface area contributed by atoms with Crippen molar-refractivity contribution < 1.29 is 19.4 Å². The molecule has 1 unspecified atom stereocenters. The van der Waals surface area contributed by atoms with E-state index in [0.717, 1.165) is 23.6 Å². The number of carboxylic acid groups (broad SMARTS) is 1. The number of carbonyl (C=O) groups excluding carboxylic acids is 1. The van der Waals surface area contributed by atoms with Crippen molar-refractivity contribution in [3.63, 3.8) is 0 Å². The molecule has 0 saturated carbocycles. The Balaban J connectivity index is 2.74. The first-order chi connectivity index (χ1) is 9.93. The van der Waals surface area contributed by atoms with E-state index in [-0.39, 0.29) is 11.9 Å². The van der Waals surface area contributed by atoms with Gasteiger partial charge in [0.25, 0.3) is 5.91 Å². The maximum Gasteiger partial charge on any atom is 0.328 e. The van der Waals surface area contributed by atoms with Crippen LogP contribution in [0.4, 0.5) is 0 Å². The molecule has 1 amide bonds. The van der Waals surface area contributed by atoms with Crippen LogP contribution in [-0.4, -0.2) is 36.7 Å². The summed E-state index contributed by atoms with van der Waals surface area (Å²) in [5.41, 5.74) is 2.19. The Hall–Kier alpha value is -2.14. The van der Waals surface area contributed by atoms with Gasteiger partial charge in [-0.1, -0.05) is 6.07 Å². The molecule has 2 N–H and O–H groups in total. The van der Waals surface area contributed by atoms with Gasteiger partial charge in [0, 0.05) is 31.4 Å². The van der Waals surface area contributed by atoms with Crippen LogP contribution in [-0.2, 0) is 9.53 Å². The fourth-order valence-electron chi connectivity index (χ4n) is 1.84. The first kappa shape index (κ1) is 16.9. The Labute approximate surface area is 124 Å². The van der Waals surface area contributed by atoms with E-state index in [1.807, 2.05) is 13.8 Å². The molecule has 0 aromatic heterocycles.